The molecule has 0 atom stereocenters. The molecular formula is C24H23N5O2. The largest absolute Gasteiger partial charge is 0.415 e. The van der Waals surface area contributed by atoms with Crippen LogP contribution in [-0.2, 0) is 11.3 Å². The van der Waals surface area contributed by atoms with Crippen LogP contribution in [-0.4, -0.2) is 51.8 Å². The van der Waals surface area contributed by atoms with E-state index in [0.29, 0.717) is 24.9 Å². The number of amides is 1. The van der Waals surface area contributed by atoms with Crippen molar-refractivity contribution in [3.05, 3.63) is 79.0 Å². The Bertz CT molecular complexity index is 1140. The number of carbonyl (C=O) groups excluding carboxylic acids is 1. The third-order valence-corrected chi connectivity index (χ3v) is 5.55. The molecule has 1 fully saturated rings. The maximum atomic E-state index is 12.9. The van der Waals surface area contributed by atoms with Crippen molar-refractivity contribution in [3.8, 4) is 23.0 Å². The van der Waals surface area contributed by atoms with Crippen molar-refractivity contribution in [2.24, 2.45) is 0 Å². The van der Waals surface area contributed by atoms with E-state index in [2.05, 4.69) is 27.2 Å². The molecule has 156 valence electrons. The van der Waals surface area contributed by atoms with Crippen molar-refractivity contribution >= 4 is 11.6 Å². The summed E-state index contributed by atoms with van der Waals surface area (Å²) in [6, 6.07) is 23.8. The molecule has 0 unspecified atom stereocenters. The molecule has 1 aliphatic heterocycles. The summed E-state index contributed by atoms with van der Waals surface area (Å²) >= 11 is 0. The molecule has 7 nitrogen and oxygen atoms in total. The lowest BCUT2D eigenvalue weighted by Crippen LogP contribution is -2.49. The van der Waals surface area contributed by atoms with Gasteiger partial charge in [0.05, 0.1) is 0 Å². The van der Waals surface area contributed by atoms with Crippen molar-refractivity contribution in [1.29, 1.82) is 0 Å². The Labute approximate surface area is 180 Å². The maximum absolute atomic E-state index is 12.9. The van der Waals surface area contributed by atoms with Crippen LogP contribution in [0.5, 0.6) is 0 Å². The third-order valence-electron chi connectivity index (χ3n) is 5.55. The molecular weight excluding hydrogens is 390 g/mol. The monoisotopic (exact) mass is 413 g/mol. The van der Waals surface area contributed by atoms with Crippen LogP contribution in [0.15, 0.2) is 83.4 Å². The second-order valence-electron chi connectivity index (χ2n) is 7.50. The van der Waals surface area contributed by atoms with E-state index in [1.165, 1.54) is 5.69 Å². The maximum Gasteiger partial charge on any atom is 0.264 e. The average Bonchev–Trinajstić information content (AvgIpc) is 3.50. The molecule has 0 N–H and O–H groups in total. The minimum Gasteiger partial charge on any atom is -0.415 e. The van der Waals surface area contributed by atoms with Crippen LogP contribution in [0.4, 0.5) is 5.69 Å². The first-order valence-corrected chi connectivity index (χ1v) is 10.4. The van der Waals surface area contributed by atoms with Gasteiger partial charge in [0, 0.05) is 43.6 Å². The van der Waals surface area contributed by atoms with E-state index in [1.807, 2.05) is 76.3 Å². The second kappa shape index (κ2) is 8.47. The number of hydrogen-bond donors (Lipinski definition) is 0. The molecule has 1 saturated heterocycles. The summed E-state index contributed by atoms with van der Waals surface area (Å²) in [7, 11) is 0. The van der Waals surface area contributed by atoms with Gasteiger partial charge < -0.3 is 18.8 Å². The van der Waals surface area contributed by atoms with Gasteiger partial charge in [-0.05, 0) is 36.4 Å². The predicted molar refractivity (Wildman–Crippen MR) is 118 cm³/mol. The number of para-hydroxylation sites is 1. The highest BCUT2D eigenvalue weighted by Gasteiger charge is 2.22. The molecule has 1 aliphatic rings. The van der Waals surface area contributed by atoms with Crippen LogP contribution in [0, 0.1) is 0 Å². The number of rotatable bonds is 5. The summed E-state index contributed by atoms with van der Waals surface area (Å²) in [6.07, 6.45) is 1.87. The molecule has 0 radical (unpaired) electrons. The highest BCUT2D eigenvalue weighted by Crippen LogP contribution is 2.24. The Morgan fingerprint density at radius 2 is 1.48 bits per heavy atom. The van der Waals surface area contributed by atoms with Gasteiger partial charge in [-0.25, -0.2) is 0 Å². The van der Waals surface area contributed by atoms with Crippen LogP contribution in [0.1, 0.15) is 0 Å². The zero-order valence-electron chi connectivity index (χ0n) is 17.1. The highest BCUT2D eigenvalue weighted by molar-refractivity contribution is 5.77. The van der Waals surface area contributed by atoms with Gasteiger partial charge in [0.15, 0.2) is 0 Å². The molecule has 1 amide bonds. The standard InChI is InChI=1S/C24H23N5O2/c30-22(28-16-14-27(15-17-28)20-10-5-2-6-11-20)18-29-13-7-12-21(29)24-26-25-23(31-24)19-8-3-1-4-9-19/h1-13H,14-18H2. The van der Waals surface area contributed by atoms with Gasteiger partial charge >= 0.3 is 0 Å². The van der Waals surface area contributed by atoms with Crippen molar-refractivity contribution < 1.29 is 9.21 Å². The fourth-order valence-electron chi connectivity index (χ4n) is 3.87. The highest BCUT2D eigenvalue weighted by atomic mass is 16.4. The Kier molecular flexibility index (Phi) is 5.22. The molecule has 0 spiro atoms. The first kappa shape index (κ1) is 19.1. The Balaban J connectivity index is 1.25. The van der Waals surface area contributed by atoms with Crippen molar-refractivity contribution in [3.63, 3.8) is 0 Å². The molecule has 0 saturated carbocycles. The van der Waals surface area contributed by atoms with Gasteiger partial charge in [-0.2, -0.15) is 0 Å². The number of aromatic nitrogens is 3. The van der Waals surface area contributed by atoms with Crippen LogP contribution in [0.25, 0.3) is 23.0 Å². The van der Waals surface area contributed by atoms with Crippen molar-refractivity contribution in [1.82, 2.24) is 19.7 Å². The third kappa shape index (κ3) is 4.07. The number of piperazine rings is 1. The van der Waals surface area contributed by atoms with Gasteiger partial charge in [-0.15, -0.1) is 10.2 Å². The van der Waals surface area contributed by atoms with Gasteiger partial charge in [-0.3, -0.25) is 4.79 Å². The Morgan fingerprint density at radius 1 is 0.806 bits per heavy atom. The van der Waals surface area contributed by atoms with Gasteiger partial charge in [-0.1, -0.05) is 36.4 Å². The summed E-state index contributed by atoms with van der Waals surface area (Å²) in [4.78, 5) is 17.2. The van der Waals surface area contributed by atoms with E-state index in [1.54, 1.807) is 0 Å². The fraction of sp³-hybridized carbons (Fsp3) is 0.208. The minimum absolute atomic E-state index is 0.0907. The molecule has 7 heteroatoms. The topological polar surface area (TPSA) is 67.4 Å². The number of carbonyl (C=O) groups is 1. The fourth-order valence-corrected chi connectivity index (χ4v) is 3.87. The lowest BCUT2D eigenvalue weighted by Gasteiger charge is -2.36. The molecule has 3 heterocycles. The molecule has 0 aliphatic carbocycles. The van der Waals surface area contributed by atoms with Crippen molar-refractivity contribution in [2.75, 3.05) is 31.1 Å². The second-order valence-corrected chi connectivity index (χ2v) is 7.50. The Morgan fingerprint density at radius 3 is 2.23 bits per heavy atom. The zero-order chi connectivity index (χ0) is 21.0. The van der Waals surface area contributed by atoms with E-state index < -0.39 is 0 Å². The van der Waals surface area contributed by atoms with E-state index in [-0.39, 0.29) is 12.5 Å². The van der Waals surface area contributed by atoms with E-state index in [0.717, 1.165) is 24.3 Å². The van der Waals surface area contributed by atoms with Gasteiger partial charge in [0.1, 0.15) is 12.2 Å². The minimum atomic E-state index is 0.0907. The first-order valence-electron chi connectivity index (χ1n) is 10.4. The van der Waals surface area contributed by atoms with E-state index in [9.17, 15) is 4.79 Å². The molecule has 5 rings (SSSR count). The smallest absolute Gasteiger partial charge is 0.264 e. The van der Waals surface area contributed by atoms with Gasteiger partial charge in [0.2, 0.25) is 11.8 Å². The first-order chi connectivity index (χ1) is 15.3. The van der Waals surface area contributed by atoms with E-state index in [4.69, 9.17) is 4.42 Å². The number of hydrogen-bond acceptors (Lipinski definition) is 5. The molecule has 2 aromatic carbocycles. The van der Waals surface area contributed by atoms with E-state index >= 15 is 0 Å². The number of anilines is 1. The Hall–Kier alpha value is -3.87. The summed E-state index contributed by atoms with van der Waals surface area (Å²) in [5.41, 5.74) is 2.81. The summed E-state index contributed by atoms with van der Waals surface area (Å²) in [5.74, 6) is 0.963. The summed E-state index contributed by atoms with van der Waals surface area (Å²) in [6.45, 7) is 3.33. The van der Waals surface area contributed by atoms with Crippen LogP contribution >= 0.6 is 0 Å². The van der Waals surface area contributed by atoms with Gasteiger partial charge in [0.25, 0.3) is 5.89 Å². The number of nitrogens with zero attached hydrogens (tertiary/aromatic N) is 5. The number of benzene rings is 2. The molecule has 0 bridgehead atoms. The molecule has 31 heavy (non-hydrogen) atoms. The van der Waals surface area contributed by atoms with Crippen LogP contribution in [0.2, 0.25) is 0 Å². The SMILES string of the molecule is O=C(Cn1cccc1-c1nnc(-c2ccccc2)o1)N1CCN(c2ccccc2)CC1. The van der Waals surface area contributed by atoms with Crippen LogP contribution in [0.3, 0.4) is 0 Å². The molecule has 2 aromatic heterocycles. The summed E-state index contributed by atoms with van der Waals surface area (Å²) < 4.78 is 7.74. The zero-order valence-corrected chi connectivity index (χ0v) is 17.1. The lowest BCUT2D eigenvalue weighted by molar-refractivity contribution is -0.132. The molecule has 4 aromatic rings. The normalized spacial score (nSPS) is 14.1. The van der Waals surface area contributed by atoms with Crippen molar-refractivity contribution in [2.45, 2.75) is 6.54 Å². The average molecular weight is 413 g/mol. The van der Waals surface area contributed by atoms with Crippen LogP contribution < -0.4 is 4.90 Å². The quantitative estimate of drug-likeness (QED) is 0.501. The summed E-state index contributed by atoms with van der Waals surface area (Å²) in [5, 5.41) is 8.35. The predicted octanol–water partition coefficient (Wildman–Crippen LogP) is 3.55. The lowest BCUT2D eigenvalue weighted by atomic mass is 10.2.